The fourth-order valence-corrected chi connectivity index (χ4v) is 2.28. The van der Waals surface area contributed by atoms with Crippen molar-refractivity contribution < 1.29 is 14.8 Å². The first-order valence-corrected chi connectivity index (χ1v) is 7.04. The molecule has 0 aliphatic carbocycles. The summed E-state index contributed by atoms with van der Waals surface area (Å²) < 4.78 is 0. The summed E-state index contributed by atoms with van der Waals surface area (Å²) in [6.07, 6.45) is 0.324. The van der Waals surface area contributed by atoms with E-state index in [9.17, 15) is 20.0 Å². The van der Waals surface area contributed by atoms with Crippen molar-refractivity contribution in [3.63, 3.8) is 0 Å². The Kier molecular flexibility index (Phi) is 5.27. The largest absolute Gasteiger partial charge is 0.396 e. The van der Waals surface area contributed by atoms with Crippen molar-refractivity contribution in [2.24, 2.45) is 0 Å². The number of carbonyl (C=O) groups excluding carboxylic acids is 1. The molecule has 2 aromatic carbocycles. The fraction of sp³-hybridized carbons (Fsp3) is 0.188. The Bertz CT molecular complexity index is 704. The van der Waals surface area contributed by atoms with E-state index in [1.165, 1.54) is 18.2 Å². The second kappa shape index (κ2) is 7.37. The summed E-state index contributed by atoms with van der Waals surface area (Å²) in [5, 5.41) is 22.8. The van der Waals surface area contributed by atoms with Gasteiger partial charge in [0, 0.05) is 12.7 Å². The number of para-hydroxylation sites is 1. The Labute approximate surface area is 132 Å². The lowest BCUT2D eigenvalue weighted by Crippen LogP contribution is -2.30. The molecule has 7 nitrogen and oxygen atoms in total. The highest BCUT2D eigenvalue weighted by molar-refractivity contribution is 6.01. The lowest BCUT2D eigenvalue weighted by molar-refractivity contribution is -0.383. The van der Waals surface area contributed by atoms with E-state index >= 15 is 0 Å². The van der Waals surface area contributed by atoms with Crippen LogP contribution in [0.5, 0.6) is 0 Å². The van der Waals surface area contributed by atoms with Gasteiger partial charge in [-0.05, 0) is 18.1 Å². The Hall–Kier alpha value is -2.93. The first-order chi connectivity index (χ1) is 11.0. The minimum atomic E-state index is -0.630. The summed E-state index contributed by atoms with van der Waals surface area (Å²) in [6, 6.07) is 12.8. The Morgan fingerprint density at radius 1 is 1.22 bits per heavy atom. The molecule has 7 heteroatoms. The summed E-state index contributed by atoms with van der Waals surface area (Å²) in [7, 11) is 0. The number of nitrogens with two attached hydrogens (primary N) is 1. The van der Waals surface area contributed by atoms with Crippen molar-refractivity contribution in [1.82, 2.24) is 5.32 Å². The molecule has 0 aromatic heterocycles. The molecule has 23 heavy (non-hydrogen) atoms. The number of nitrogen functional groups attached to an aromatic ring is 1. The van der Waals surface area contributed by atoms with Crippen molar-refractivity contribution in [3.05, 3.63) is 69.8 Å². The second-order valence-corrected chi connectivity index (χ2v) is 4.94. The molecule has 0 bridgehead atoms. The molecule has 120 valence electrons. The predicted octanol–water partition coefficient (Wildman–Crippen LogP) is 2.03. The van der Waals surface area contributed by atoms with Crippen LogP contribution in [0.4, 0.5) is 11.4 Å². The Balaban J connectivity index is 2.26. The van der Waals surface area contributed by atoms with E-state index in [1.54, 1.807) is 0 Å². The number of nitro benzene ring substituents is 1. The summed E-state index contributed by atoms with van der Waals surface area (Å²) in [5.74, 6) is -0.520. The number of amides is 1. The zero-order chi connectivity index (χ0) is 16.8. The maximum absolute atomic E-state index is 12.4. The van der Waals surface area contributed by atoms with Crippen molar-refractivity contribution in [1.29, 1.82) is 0 Å². The van der Waals surface area contributed by atoms with Gasteiger partial charge in [-0.2, -0.15) is 0 Å². The summed E-state index contributed by atoms with van der Waals surface area (Å²) in [4.78, 5) is 22.7. The van der Waals surface area contributed by atoms with E-state index in [4.69, 9.17) is 5.73 Å². The van der Waals surface area contributed by atoms with Crippen molar-refractivity contribution in [2.45, 2.75) is 12.5 Å². The van der Waals surface area contributed by atoms with Crippen LogP contribution in [-0.2, 0) is 0 Å². The molecule has 2 aromatic rings. The SMILES string of the molecule is Nc1c(C(=O)NC(CCO)c2ccccc2)cccc1[N+](=O)[O-]. The average Bonchev–Trinajstić information content (AvgIpc) is 2.55. The molecule has 0 saturated carbocycles. The number of aliphatic hydroxyl groups is 1. The van der Waals surface area contributed by atoms with Crippen LogP contribution in [0, 0.1) is 10.1 Å². The lowest BCUT2D eigenvalue weighted by Gasteiger charge is -2.18. The molecule has 1 atom stereocenters. The summed E-state index contributed by atoms with van der Waals surface area (Å²) >= 11 is 0. The zero-order valence-corrected chi connectivity index (χ0v) is 12.3. The number of carbonyl (C=O) groups is 1. The van der Waals surface area contributed by atoms with E-state index < -0.39 is 16.9 Å². The Morgan fingerprint density at radius 3 is 2.52 bits per heavy atom. The van der Waals surface area contributed by atoms with Gasteiger partial charge in [0.1, 0.15) is 5.69 Å². The van der Waals surface area contributed by atoms with E-state index in [-0.39, 0.29) is 23.5 Å². The van der Waals surface area contributed by atoms with Crippen LogP contribution in [0.25, 0.3) is 0 Å². The van der Waals surface area contributed by atoms with Crippen LogP contribution in [0.1, 0.15) is 28.4 Å². The smallest absolute Gasteiger partial charge is 0.292 e. The van der Waals surface area contributed by atoms with E-state index in [0.29, 0.717) is 6.42 Å². The fourth-order valence-electron chi connectivity index (χ4n) is 2.28. The number of nitrogens with zero attached hydrogens (tertiary/aromatic N) is 1. The summed E-state index contributed by atoms with van der Waals surface area (Å²) in [5.41, 5.74) is 6.11. The van der Waals surface area contributed by atoms with Crippen LogP contribution in [-0.4, -0.2) is 22.5 Å². The first kappa shape index (κ1) is 16.4. The topological polar surface area (TPSA) is 118 Å². The minimum absolute atomic E-state index is 0.0399. The third-order valence-corrected chi connectivity index (χ3v) is 3.45. The van der Waals surface area contributed by atoms with Gasteiger partial charge in [0.2, 0.25) is 0 Å². The number of aliphatic hydroxyl groups excluding tert-OH is 1. The van der Waals surface area contributed by atoms with Crippen molar-refractivity contribution in [3.8, 4) is 0 Å². The highest BCUT2D eigenvalue weighted by Gasteiger charge is 2.21. The standard InChI is InChI=1S/C16H17N3O4/c17-15-12(7-4-8-14(15)19(22)23)16(21)18-13(9-10-20)11-5-2-1-3-6-11/h1-8,13,20H,9-10,17H2,(H,18,21). The molecular formula is C16H17N3O4. The maximum atomic E-state index is 12.4. The molecule has 0 heterocycles. The molecule has 0 saturated heterocycles. The van der Waals surface area contributed by atoms with Crippen LogP contribution in [0.3, 0.4) is 0 Å². The zero-order valence-electron chi connectivity index (χ0n) is 12.3. The highest BCUT2D eigenvalue weighted by Crippen LogP contribution is 2.25. The van der Waals surface area contributed by atoms with Gasteiger partial charge in [-0.3, -0.25) is 14.9 Å². The molecule has 0 fully saturated rings. The number of anilines is 1. The molecule has 0 spiro atoms. The second-order valence-electron chi connectivity index (χ2n) is 4.94. The van der Waals surface area contributed by atoms with Gasteiger partial charge in [-0.25, -0.2) is 0 Å². The van der Waals surface area contributed by atoms with Gasteiger partial charge in [0.25, 0.3) is 11.6 Å². The highest BCUT2D eigenvalue weighted by atomic mass is 16.6. The first-order valence-electron chi connectivity index (χ1n) is 7.04. The third kappa shape index (κ3) is 3.83. The number of nitro groups is 1. The molecule has 4 N–H and O–H groups in total. The lowest BCUT2D eigenvalue weighted by atomic mass is 10.0. The van der Waals surface area contributed by atoms with E-state index in [1.807, 2.05) is 30.3 Å². The third-order valence-electron chi connectivity index (χ3n) is 3.45. The summed E-state index contributed by atoms with van der Waals surface area (Å²) in [6.45, 7) is -0.107. The van der Waals surface area contributed by atoms with Gasteiger partial charge in [-0.15, -0.1) is 0 Å². The van der Waals surface area contributed by atoms with Gasteiger partial charge >= 0.3 is 0 Å². The minimum Gasteiger partial charge on any atom is -0.396 e. The van der Waals surface area contributed by atoms with Gasteiger partial charge in [0.05, 0.1) is 16.5 Å². The van der Waals surface area contributed by atoms with Gasteiger partial charge in [0.15, 0.2) is 0 Å². The van der Waals surface area contributed by atoms with Crippen molar-refractivity contribution in [2.75, 3.05) is 12.3 Å². The predicted molar refractivity (Wildman–Crippen MR) is 85.9 cm³/mol. The molecular weight excluding hydrogens is 298 g/mol. The van der Waals surface area contributed by atoms with Crippen LogP contribution in [0.15, 0.2) is 48.5 Å². The monoisotopic (exact) mass is 315 g/mol. The average molecular weight is 315 g/mol. The van der Waals surface area contributed by atoms with Crippen LogP contribution >= 0.6 is 0 Å². The maximum Gasteiger partial charge on any atom is 0.292 e. The van der Waals surface area contributed by atoms with E-state index in [0.717, 1.165) is 5.56 Å². The van der Waals surface area contributed by atoms with Crippen LogP contribution in [0.2, 0.25) is 0 Å². The number of hydrogen-bond donors (Lipinski definition) is 3. The van der Waals surface area contributed by atoms with Gasteiger partial charge in [-0.1, -0.05) is 36.4 Å². The number of benzene rings is 2. The molecule has 1 unspecified atom stereocenters. The molecule has 1 amide bonds. The normalized spacial score (nSPS) is 11.7. The number of nitrogens with one attached hydrogen (secondary N) is 1. The molecule has 0 aliphatic heterocycles. The van der Waals surface area contributed by atoms with Gasteiger partial charge < -0.3 is 16.2 Å². The van der Waals surface area contributed by atoms with Crippen molar-refractivity contribution >= 4 is 17.3 Å². The van der Waals surface area contributed by atoms with Crippen LogP contribution < -0.4 is 11.1 Å². The van der Waals surface area contributed by atoms with E-state index in [2.05, 4.69) is 5.32 Å². The number of rotatable bonds is 6. The molecule has 0 aliphatic rings. The molecule has 0 radical (unpaired) electrons. The quantitative estimate of drug-likeness (QED) is 0.428. The molecule has 2 rings (SSSR count). The number of hydrogen-bond acceptors (Lipinski definition) is 5. The Morgan fingerprint density at radius 2 is 1.91 bits per heavy atom.